The van der Waals surface area contributed by atoms with Gasteiger partial charge in [0.15, 0.2) is 5.60 Å². The molecule has 1 atom stereocenters. The van der Waals surface area contributed by atoms with Crippen LogP contribution in [-0.2, 0) is 15.8 Å². The maximum Gasteiger partial charge on any atom is 0.174 e. The third-order valence-corrected chi connectivity index (χ3v) is 11.6. The predicted octanol–water partition coefficient (Wildman–Crippen LogP) is 10.1. The van der Waals surface area contributed by atoms with Crippen molar-refractivity contribution in [2.24, 2.45) is 0 Å². The fourth-order valence-corrected chi connectivity index (χ4v) is 9.13. The summed E-state index contributed by atoms with van der Waals surface area (Å²) in [5, 5.41) is 2.51. The number of hydrogen-bond donors (Lipinski definition) is 0. The monoisotopic (exact) mass is 611 g/mol. The van der Waals surface area contributed by atoms with E-state index >= 15 is 0 Å². The van der Waals surface area contributed by atoms with E-state index in [0.29, 0.717) is 0 Å². The summed E-state index contributed by atoms with van der Waals surface area (Å²) in [5.74, 6) is 1.02. The van der Waals surface area contributed by atoms with Crippen LogP contribution in [0.2, 0.25) is 0 Å². The van der Waals surface area contributed by atoms with Gasteiger partial charge in [-0.3, -0.25) is 0 Å². The van der Waals surface area contributed by atoms with Gasteiger partial charge in [-0.15, -0.1) is 11.8 Å². The number of allylic oxidation sites excluding steroid dienone is 3. The maximum atomic E-state index is 7.62. The normalized spacial score (nSPS) is 21.2. The van der Waals surface area contributed by atoms with E-state index in [1.54, 1.807) is 0 Å². The average molecular weight is 612 g/mol. The molecular formula is C41H41NO2S. The predicted molar refractivity (Wildman–Crippen MR) is 190 cm³/mol. The summed E-state index contributed by atoms with van der Waals surface area (Å²) >= 11 is 1.83. The lowest BCUT2D eigenvalue weighted by Crippen LogP contribution is -2.37. The summed E-state index contributed by atoms with van der Waals surface area (Å²) in [4.78, 5) is 3.81. The Labute approximate surface area is 271 Å². The van der Waals surface area contributed by atoms with Crippen molar-refractivity contribution in [1.29, 1.82) is 0 Å². The molecule has 228 valence electrons. The average Bonchev–Trinajstić information content (AvgIpc) is 3.43. The van der Waals surface area contributed by atoms with Gasteiger partial charge in [0.05, 0.1) is 18.9 Å². The van der Waals surface area contributed by atoms with E-state index < -0.39 is 5.60 Å². The Morgan fingerprint density at radius 1 is 0.911 bits per heavy atom. The van der Waals surface area contributed by atoms with Crippen LogP contribution in [0.15, 0.2) is 102 Å². The van der Waals surface area contributed by atoms with Crippen molar-refractivity contribution in [3.05, 3.63) is 119 Å². The first-order chi connectivity index (χ1) is 22.1. The van der Waals surface area contributed by atoms with Crippen molar-refractivity contribution < 1.29 is 9.47 Å². The second kappa shape index (κ2) is 11.3. The molecule has 8 rings (SSSR count). The molecule has 0 spiro atoms. The molecule has 2 aliphatic heterocycles. The van der Waals surface area contributed by atoms with Crippen LogP contribution in [0.25, 0.3) is 28.0 Å². The van der Waals surface area contributed by atoms with Gasteiger partial charge >= 0.3 is 0 Å². The van der Waals surface area contributed by atoms with Gasteiger partial charge in [0.25, 0.3) is 0 Å². The lowest BCUT2D eigenvalue weighted by atomic mass is 9.71. The third-order valence-electron chi connectivity index (χ3n) is 10.8. The summed E-state index contributed by atoms with van der Waals surface area (Å²) in [6.07, 6.45) is 17.8. The highest BCUT2D eigenvalue weighted by Crippen LogP contribution is 2.61. The van der Waals surface area contributed by atoms with E-state index in [1.165, 1.54) is 60.3 Å². The van der Waals surface area contributed by atoms with Gasteiger partial charge in [0, 0.05) is 39.9 Å². The summed E-state index contributed by atoms with van der Waals surface area (Å²) in [6.45, 7) is 8.08. The molecule has 4 aromatic carbocycles. The lowest BCUT2D eigenvalue weighted by Gasteiger charge is -2.41. The number of rotatable bonds is 6. The van der Waals surface area contributed by atoms with Crippen molar-refractivity contribution in [3.8, 4) is 16.9 Å². The van der Waals surface area contributed by atoms with Crippen LogP contribution < -0.4 is 9.64 Å². The number of hydrogen-bond acceptors (Lipinski definition) is 4. The molecule has 1 fully saturated rings. The summed E-state index contributed by atoms with van der Waals surface area (Å²) in [6, 6.07) is 24.9. The minimum atomic E-state index is -0.658. The van der Waals surface area contributed by atoms with E-state index in [0.717, 1.165) is 57.7 Å². The number of fused-ring (bicyclic) bond motifs is 8. The van der Waals surface area contributed by atoms with E-state index in [1.807, 2.05) is 11.8 Å². The molecule has 0 saturated carbocycles. The Hall–Kier alpha value is -3.73. The van der Waals surface area contributed by atoms with Crippen molar-refractivity contribution in [2.45, 2.75) is 55.4 Å². The molecule has 0 N–H and O–H groups in total. The van der Waals surface area contributed by atoms with E-state index in [4.69, 9.17) is 9.47 Å². The topological polar surface area (TPSA) is 21.7 Å². The quantitative estimate of drug-likeness (QED) is 0.202. The summed E-state index contributed by atoms with van der Waals surface area (Å²) in [7, 11) is 0. The Bertz CT molecular complexity index is 1880. The minimum Gasteiger partial charge on any atom is -0.473 e. The van der Waals surface area contributed by atoms with Crippen LogP contribution in [-0.4, -0.2) is 32.6 Å². The molecule has 0 radical (unpaired) electrons. The smallest absolute Gasteiger partial charge is 0.174 e. The van der Waals surface area contributed by atoms with Crippen LogP contribution in [0.4, 0.5) is 5.69 Å². The zero-order valence-electron chi connectivity index (χ0n) is 26.6. The zero-order chi connectivity index (χ0) is 30.6. The molecule has 4 aliphatic rings. The molecule has 1 unspecified atom stereocenters. The fraction of sp³-hybridized carbons (Fsp3) is 0.317. The maximum absolute atomic E-state index is 7.62. The van der Waals surface area contributed by atoms with Crippen LogP contribution in [0.3, 0.4) is 0 Å². The van der Waals surface area contributed by atoms with Gasteiger partial charge in [-0.25, -0.2) is 0 Å². The van der Waals surface area contributed by atoms with Crippen molar-refractivity contribution in [2.75, 3.05) is 37.5 Å². The molecule has 3 nitrogen and oxygen atoms in total. The molecule has 4 aromatic rings. The number of anilines is 1. The highest BCUT2D eigenvalue weighted by atomic mass is 32.2. The molecule has 2 aliphatic carbocycles. The number of nitrogens with zero attached hydrogens (tertiary/aromatic N) is 1. The number of morpholine rings is 1. The molecule has 2 heterocycles. The lowest BCUT2D eigenvalue weighted by molar-refractivity contribution is 0.122. The standard InChI is InChI=1S/C41H41NO2S/c1-4-40(5-2)34-19-13-12-18-30(34)37-32-26-35(42-22-24-43-25-23-42)36(45-3)27-33(32)39-31(38(37)40)20-21-41(44-39,28-14-8-6-9-15-28)29-16-10-7-11-17-29/h6-10,12-16,18-21,26-27H,4-5,11,17,22-25H2,1-3H3. The molecule has 0 amide bonds. The van der Waals surface area contributed by atoms with Gasteiger partial charge in [0.2, 0.25) is 0 Å². The van der Waals surface area contributed by atoms with E-state index in [2.05, 4.69) is 122 Å². The Morgan fingerprint density at radius 2 is 1.69 bits per heavy atom. The molecule has 0 aromatic heterocycles. The molecule has 0 bridgehead atoms. The SMILES string of the molecule is CCC1(CC)c2ccccc2-c2c1c1c(c3cc(SC)c(N4CCOCC4)cc23)OC(C2=CC=CCC2)(c2ccccc2)C=C1. The first-order valence-electron chi connectivity index (χ1n) is 16.6. The largest absolute Gasteiger partial charge is 0.473 e. The van der Waals surface area contributed by atoms with Gasteiger partial charge in [-0.1, -0.05) is 92.7 Å². The van der Waals surface area contributed by atoms with E-state index in [-0.39, 0.29) is 5.41 Å². The van der Waals surface area contributed by atoms with Gasteiger partial charge in [-0.2, -0.15) is 0 Å². The van der Waals surface area contributed by atoms with Gasteiger partial charge < -0.3 is 14.4 Å². The number of ether oxygens (including phenoxy) is 2. The van der Waals surface area contributed by atoms with Crippen molar-refractivity contribution in [1.82, 2.24) is 0 Å². The summed E-state index contributed by atoms with van der Waals surface area (Å²) < 4.78 is 13.4. The molecule has 45 heavy (non-hydrogen) atoms. The van der Waals surface area contributed by atoms with Crippen molar-refractivity contribution in [3.63, 3.8) is 0 Å². The molecule has 1 saturated heterocycles. The van der Waals surface area contributed by atoms with Crippen LogP contribution in [0, 0.1) is 0 Å². The van der Waals surface area contributed by atoms with Crippen LogP contribution in [0.5, 0.6) is 5.75 Å². The Morgan fingerprint density at radius 3 is 2.42 bits per heavy atom. The van der Waals surface area contributed by atoms with Crippen LogP contribution in [0.1, 0.15) is 61.8 Å². The highest BCUT2D eigenvalue weighted by Gasteiger charge is 2.47. The Balaban J connectivity index is 1.48. The zero-order valence-corrected chi connectivity index (χ0v) is 27.4. The first-order valence-corrected chi connectivity index (χ1v) is 17.8. The summed E-state index contributed by atoms with van der Waals surface area (Å²) in [5.41, 5.74) is 9.98. The third kappa shape index (κ3) is 4.22. The van der Waals surface area contributed by atoms with Gasteiger partial charge in [-0.05, 0) is 83.4 Å². The Kier molecular flexibility index (Phi) is 7.19. The first kappa shape index (κ1) is 28.7. The number of thioether (sulfide) groups is 1. The van der Waals surface area contributed by atoms with Crippen LogP contribution >= 0.6 is 11.8 Å². The van der Waals surface area contributed by atoms with Crippen molar-refractivity contribution >= 4 is 34.3 Å². The van der Waals surface area contributed by atoms with Gasteiger partial charge in [0.1, 0.15) is 5.75 Å². The highest BCUT2D eigenvalue weighted by molar-refractivity contribution is 7.98. The second-order valence-electron chi connectivity index (χ2n) is 12.7. The molecular weight excluding hydrogens is 571 g/mol. The number of benzene rings is 4. The minimum absolute atomic E-state index is 0.0746. The van der Waals surface area contributed by atoms with E-state index in [9.17, 15) is 0 Å². The second-order valence-corrected chi connectivity index (χ2v) is 13.5. The molecule has 4 heteroatoms. The fourth-order valence-electron chi connectivity index (χ4n) is 8.50.